The lowest BCUT2D eigenvalue weighted by molar-refractivity contribution is -0.122. The van der Waals surface area contributed by atoms with Gasteiger partial charge in [-0.25, -0.2) is 0 Å². The van der Waals surface area contributed by atoms with Crippen LogP contribution in [0.2, 0.25) is 5.02 Å². The number of halogens is 2. The number of rotatable bonds is 8. The predicted molar refractivity (Wildman–Crippen MR) is 96.8 cm³/mol. The minimum atomic E-state index is 0. The number of nitrogens with zero attached hydrogens (tertiary/aromatic N) is 1. The molecule has 0 aliphatic heterocycles. The van der Waals surface area contributed by atoms with E-state index < -0.39 is 0 Å². The first-order valence-electron chi connectivity index (χ1n) is 7.74. The molecule has 0 aliphatic carbocycles. The van der Waals surface area contributed by atoms with E-state index >= 15 is 0 Å². The molecule has 1 unspecified atom stereocenters. The van der Waals surface area contributed by atoms with Crippen LogP contribution in [0.15, 0.2) is 24.3 Å². The first-order chi connectivity index (χ1) is 9.99. The van der Waals surface area contributed by atoms with Crippen molar-refractivity contribution < 1.29 is 4.79 Å². The summed E-state index contributed by atoms with van der Waals surface area (Å²) in [5, 5.41) is 3.81. The van der Waals surface area contributed by atoms with Gasteiger partial charge in [0.05, 0.1) is 6.04 Å². The molecule has 0 saturated heterocycles. The second-order valence-electron chi connectivity index (χ2n) is 5.66. The van der Waals surface area contributed by atoms with Gasteiger partial charge in [0, 0.05) is 18.0 Å². The second-order valence-corrected chi connectivity index (χ2v) is 6.07. The van der Waals surface area contributed by atoms with Crippen molar-refractivity contribution >= 4 is 29.9 Å². The number of likely N-dealkylation sites (N-methyl/N-ethyl adjacent to an activating group) is 1. The van der Waals surface area contributed by atoms with Gasteiger partial charge in [0.25, 0.3) is 0 Å². The van der Waals surface area contributed by atoms with Gasteiger partial charge in [-0.05, 0) is 30.6 Å². The molecule has 0 aromatic heterocycles. The van der Waals surface area contributed by atoms with Gasteiger partial charge in [0.2, 0.25) is 5.91 Å². The third kappa shape index (κ3) is 6.55. The summed E-state index contributed by atoms with van der Waals surface area (Å²) >= 11 is 6.34. The molecule has 0 fully saturated rings. The molecule has 0 saturated carbocycles. The Hall–Kier alpha value is -0.770. The number of carbonyl (C=O) groups is 1. The van der Waals surface area contributed by atoms with Gasteiger partial charge in [-0.1, -0.05) is 57.5 Å². The molecule has 1 aromatic rings. The van der Waals surface area contributed by atoms with Crippen LogP contribution in [0.5, 0.6) is 0 Å². The average molecular weight is 347 g/mol. The van der Waals surface area contributed by atoms with E-state index in [1.807, 2.05) is 24.3 Å². The quantitative estimate of drug-likeness (QED) is 0.760. The van der Waals surface area contributed by atoms with Crippen molar-refractivity contribution in [3.8, 4) is 0 Å². The zero-order valence-electron chi connectivity index (χ0n) is 13.9. The molecule has 126 valence electrons. The van der Waals surface area contributed by atoms with E-state index in [1.54, 1.807) is 0 Å². The summed E-state index contributed by atoms with van der Waals surface area (Å²) in [6, 6.07) is 7.99. The number of carbonyl (C=O) groups excluding carboxylic acids is 1. The van der Waals surface area contributed by atoms with Crippen LogP contribution in [0.4, 0.5) is 0 Å². The Morgan fingerprint density at radius 3 is 2.32 bits per heavy atom. The van der Waals surface area contributed by atoms with Gasteiger partial charge < -0.3 is 5.32 Å². The zero-order chi connectivity index (χ0) is 15.8. The van der Waals surface area contributed by atoms with Gasteiger partial charge in [-0.3, -0.25) is 9.69 Å². The second kappa shape index (κ2) is 10.9. The molecule has 1 N–H and O–H groups in total. The maximum Gasteiger partial charge on any atom is 0.220 e. The molecule has 1 aromatic carbocycles. The summed E-state index contributed by atoms with van der Waals surface area (Å²) in [5.74, 6) is 0.478. The molecule has 1 atom stereocenters. The van der Waals surface area contributed by atoms with E-state index in [9.17, 15) is 4.79 Å². The normalized spacial score (nSPS) is 12.1. The largest absolute Gasteiger partial charge is 0.354 e. The molecule has 1 rings (SSSR count). The minimum Gasteiger partial charge on any atom is -0.354 e. The highest BCUT2D eigenvalue weighted by atomic mass is 35.5. The summed E-state index contributed by atoms with van der Waals surface area (Å²) in [4.78, 5) is 14.2. The smallest absolute Gasteiger partial charge is 0.220 e. The van der Waals surface area contributed by atoms with E-state index in [4.69, 9.17) is 11.6 Å². The molecule has 5 heteroatoms. The summed E-state index contributed by atoms with van der Waals surface area (Å²) < 4.78 is 0. The first kappa shape index (κ1) is 21.2. The Morgan fingerprint density at radius 2 is 1.82 bits per heavy atom. The van der Waals surface area contributed by atoms with E-state index in [2.05, 4.69) is 37.9 Å². The fraction of sp³-hybridized carbons (Fsp3) is 0.588. The predicted octanol–water partition coefficient (Wildman–Crippen LogP) is 4.31. The van der Waals surface area contributed by atoms with Crippen molar-refractivity contribution in [3.05, 3.63) is 34.9 Å². The molecule has 1 amide bonds. The third-order valence-electron chi connectivity index (χ3n) is 3.60. The number of amides is 1. The fourth-order valence-corrected chi connectivity index (χ4v) is 2.76. The molecule has 0 heterocycles. The lowest BCUT2D eigenvalue weighted by Crippen LogP contribution is -2.38. The van der Waals surface area contributed by atoms with Crippen molar-refractivity contribution in [2.75, 3.05) is 19.6 Å². The number of benzene rings is 1. The maximum atomic E-state index is 11.9. The summed E-state index contributed by atoms with van der Waals surface area (Å²) in [6.45, 7) is 10.8. The highest BCUT2D eigenvalue weighted by molar-refractivity contribution is 6.31. The van der Waals surface area contributed by atoms with Crippen molar-refractivity contribution in [1.29, 1.82) is 0 Å². The molecule has 0 bridgehead atoms. The van der Waals surface area contributed by atoms with Gasteiger partial charge in [-0.2, -0.15) is 0 Å². The highest BCUT2D eigenvalue weighted by Crippen LogP contribution is 2.26. The van der Waals surface area contributed by atoms with Crippen LogP contribution >= 0.6 is 24.0 Å². The Morgan fingerprint density at radius 1 is 1.23 bits per heavy atom. The van der Waals surface area contributed by atoms with Gasteiger partial charge in [0.15, 0.2) is 0 Å². The van der Waals surface area contributed by atoms with Crippen molar-refractivity contribution in [1.82, 2.24) is 10.2 Å². The lowest BCUT2D eigenvalue weighted by Gasteiger charge is -2.31. The summed E-state index contributed by atoms with van der Waals surface area (Å²) in [6.07, 6.45) is 0.563. The van der Waals surface area contributed by atoms with E-state index in [1.165, 1.54) is 0 Å². The van der Waals surface area contributed by atoms with Crippen LogP contribution in [-0.4, -0.2) is 30.4 Å². The molecule has 0 radical (unpaired) electrons. The van der Waals surface area contributed by atoms with Crippen LogP contribution in [0, 0.1) is 5.92 Å². The van der Waals surface area contributed by atoms with Crippen molar-refractivity contribution in [2.24, 2.45) is 5.92 Å². The van der Waals surface area contributed by atoms with Gasteiger partial charge in [0.1, 0.15) is 0 Å². The molecular weight excluding hydrogens is 319 g/mol. The van der Waals surface area contributed by atoms with Crippen LogP contribution in [0.1, 0.15) is 45.7 Å². The number of hydrogen-bond donors (Lipinski definition) is 1. The molecule has 0 aliphatic rings. The Labute approximate surface area is 145 Å². The summed E-state index contributed by atoms with van der Waals surface area (Å²) in [7, 11) is 0. The maximum absolute atomic E-state index is 11.9. The number of hydrogen-bond acceptors (Lipinski definition) is 2. The van der Waals surface area contributed by atoms with Crippen molar-refractivity contribution in [3.63, 3.8) is 0 Å². The fourth-order valence-electron chi connectivity index (χ4n) is 2.50. The van der Waals surface area contributed by atoms with Gasteiger partial charge in [-0.15, -0.1) is 12.4 Å². The highest BCUT2D eigenvalue weighted by Gasteiger charge is 2.21. The Bertz CT molecular complexity index is 448. The molecule has 3 nitrogen and oxygen atoms in total. The number of nitrogens with one attached hydrogen (secondary N) is 1. The lowest BCUT2D eigenvalue weighted by atomic mass is 10.0. The zero-order valence-corrected chi connectivity index (χ0v) is 15.5. The average Bonchev–Trinajstić information content (AvgIpc) is 2.43. The third-order valence-corrected chi connectivity index (χ3v) is 3.95. The van der Waals surface area contributed by atoms with Gasteiger partial charge >= 0.3 is 0 Å². The standard InChI is InChI=1S/C17H27ClN2O.ClH/c1-5-20(6-2)16(12-19-17(21)11-13(3)4)14-9-7-8-10-15(14)18;/h7-10,13,16H,5-6,11-12H2,1-4H3,(H,19,21);1H. The Kier molecular flexibility index (Phi) is 10.5. The van der Waals surface area contributed by atoms with Crippen LogP contribution in [0.3, 0.4) is 0 Å². The molecular formula is C17H28Cl2N2O. The van der Waals surface area contributed by atoms with E-state index in [-0.39, 0.29) is 24.4 Å². The SMILES string of the molecule is CCN(CC)C(CNC(=O)CC(C)C)c1ccccc1Cl.Cl. The Balaban J connectivity index is 0.00000441. The van der Waals surface area contributed by atoms with Crippen molar-refractivity contribution in [2.45, 2.75) is 40.2 Å². The monoisotopic (exact) mass is 346 g/mol. The first-order valence-corrected chi connectivity index (χ1v) is 8.12. The topological polar surface area (TPSA) is 32.3 Å². The van der Waals surface area contributed by atoms with Crippen LogP contribution < -0.4 is 5.32 Å². The summed E-state index contributed by atoms with van der Waals surface area (Å²) in [5.41, 5.74) is 1.08. The van der Waals surface area contributed by atoms with Crippen LogP contribution in [0.25, 0.3) is 0 Å². The molecule has 22 heavy (non-hydrogen) atoms. The van der Waals surface area contributed by atoms with E-state index in [0.717, 1.165) is 23.7 Å². The minimum absolute atomic E-state index is 0. The molecule has 0 spiro atoms. The van der Waals surface area contributed by atoms with Crippen LogP contribution in [-0.2, 0) is 4.79 Å². The van der Waals surface area contributed by atoms with E-state index in [0.29, 0.717) is 18.9 Å².